The fraction of sp³-hybridized carbons (Fsp3) is 0.267. The van der Waals surface area contributed by atoms with Crippen molar-refractivity contribution in [1.82, 2.24) is 4.98 Å². The minimum Gasteiger partial charge on any atom is -0.491 e. The Hall–Kier alpha value is -2.07. The molecule has 0 bridgehead atoms. The van der Waals surface area contributed by atoms with E-state index in [4.69, 9.17) is 9.47 Å². The van der Waals surface area contributed by atoms with Crippen LogP contribution in [0.2, 0.25) is 0 Å². The second-order valence-corrected chi connectivity index (χ2v) is 3.98. The summed E-state index contributed by atoms with van der Waals surface area (Å²) in [5, 5.41) is 3.04. The molecule has 0 fully saturated rings. The summed E-state index contributed by atoms with van der Waals surface area (Å²) in [5.41, 5.74) is 1.05. The van der Waals surface area contributed by atoms with E-state index >= 15 is 0 Å². The molecular formula is C15H18N2O2. The fourth-order valence-corrected chi connectivity index (χ4v) is 1.70. The Morgan fingerprint density at radius 2 is 1.89 bits per heavy atom. The van der Waals surface area contributed by atoms with E-state index in [1.165, 1.54) is 0 Å². The highest BCUT2D eigenvalue weighted by Crippen LogP contribution is 2.12. The van der Waals surface area contributed by atoms with Crippen molar-refractivity contribution in [2.45, 2.75) is 6.61 Å². The van der Waals surface area contributed by atoms with Gasteiger partial charge in [-0.3, -0.25) is 0 Å². The van der Waals surface area contributed by atoms with Crippen molar-refractivity contribution in [2.75, 3.05) is 25.6 Å². The number of aromatic nitrogens is 1. The van der Waals surface area contributed by atoms with Gasteiger partial charge in [0.05, 0.1) is 13.2 Å². The highest BCUT2D eigenvalue weighted by atomic mass is 16.5. The number of nitrogens with one attached hydrogen (secondary N) is 1. The first-order valence-electron chi connectivity index (χ1n) is 6.27. The zero-order valence-corrected chi connectivity index (χ0v) is 11.0. The quantitative estimate of drug-likeness (QED) is 0.775. The van der Waals surface area contributed by atoms with Gasteiger partial charge in [0.25, 0.3) is 0 Å². The van der Waals surface area contributed by atoms with Gasteiger partial charge in [-0.05, 0) is 18.2 Å². The van der Waals surface area contributed by atoms with Gasteiger partial charge in [-0.2, -0.15) is 0 Å². The summed E-state index contributed by atoms with van der Waals surface area (Å²) < 4.78 is 11.1. The van der Waals surface area contributed by atoms with E-state index in [-0.39, 0.29) is 0 Å². The van der Waals surface area contributed by atoms with Crippen molar-refractivity contribution < 1.29 is 9.47 Å². The van der Waals surface area contributed by atoms with Crippen LogP contribution < -0.4 is 10.1 Å². The van der Waals surface area contributed by atoms with Crippen molar-refractivity contribution in [3.8, 4) is 5.75 Å². The zero-order valence-electron chi connectivity index (χ0n) is 11.0. The number of hydrogen-bond acceptors (Lipinski definition) is 4. The maximum Gasteiger partial charge on any atom is 0.131 e. The van der Waals surface area contributed by atoms with Gasteiger partial charge in [0.1, 0.15) is 18.2 Å². The summed E-state index contributed by atoms with van der Waals surface area (Å²) >= 11 is 0. The van der Waals surface area contributed by atoms with Crippen molar-refractivity contribution in [3.63, 3.8) is 0 Å². The number of hydrogen-bond donors (Lipinski definition) is 1. The molecule has 2 aromatic rings. The number of rotatable bonds is 7. The average Bonchev–Trinajstić information content (AvgIpc) is 2.48. The van der Waals surface area contributed by atoms with E-state index in [0.717, 1.165) is 17.1 Å². The Kier molecular flexibility index (Phi) is 5.19. The molecule has 0 unspecified atom stereocenters. The number of benzene rings is 1. The summed E-state index contributed by atoms with van der Waals surface area (Å²) in [6.07, 6.45) is 1.76. The van der Waals surface area contributed by atoms with E-state index in [1.807, 2.05) is 49.5 Å². The van der Waals surface area contributed by atoms with Crippen LogP contribution in [-0.2, 0) is 11.3 Å². The number of ether oxygens (including phenoxy) is 2. The fourth-order valence-electron chi connectivity index (χ4n) is 1.70. The number of pyridine rings is 1. The Morgan fingerprint density at radius 1 is 1.05 bits per heavy atom. The lowest BCUT2D eigenvalue weighted by Gasteiger charge is -2.09. The predicted octanol–water partition coefficient (Wildman–Crippen LogP) is 2.72. The number of nitrogens with zero attached hydrogens (tertiary/aromatic N) is 1. The molecule has 100 valence electrons. The van der Waals surface area contributed by atoms with Gasteiger partial charge in [-0.15, -0.1) is 0 Å². The average molecular weight is 258 g/mol. The second-order valence-electron chi connectivity index (χ2n) is 3.98. The van der Waals surface area contributed by atoms with Crippen LogP contribution in [0.5, 0.6) is 5.75 Å². The summed E-state index contributed by atoms with van der Waals surface area (Å²) in [5.74, 6) is 1.72. The van der Waals surface area contributed by atoms with Gasteiger partial charge in [0.2, 0.25) is 0 Å². The van der Waals surface area contributed by atoms with Crippen molar-refractivity contribution in [1.29, 1.82) is 0 Å². The molecule has 2 rings (SSSR count). The molecule has 4 heteroatoms. The van der Waals surface area contributed by atoms with E-state index in [2.05, 4.69) is 10.3 Å². The molecule has 0 aliphatic rings. The lowest BCUT2D eigenvalue weighted by molar-refractivity contribution is 0.0891. The molecule has 1 aromatic carbocycles. The molecule has 0 aliphatic heterocycles. The van der Waals surface area contributed by atoms with Gasteiger partial charge in [-0.25, -0.2) is 4.98 Å². The first kappa shape index (κ1) is 13.4. The van der Waals surface area contributed by atoms with Crippen LogP contribution in [0, 0.1) is 0 Å². The van der Waals surface area contributed by atoms with Crippen molar-refractivity contribution in [3.05, 3.63) is 54.2 Å². The number of para-hydroxylation sites is 1. The Bertz CT molecular complexity index is 489. The maximum atomic E-state index is 5.58. The van der Waals surface area contributed by atoms with Crippen LogP contribution in [0.15, 0.2) is 48.7 Å². The van der Waals surface area contributed by atoms with Crippen LogP contribution in [0.25, 0.3) is 0 Å². The van der Waals surface area contributed by atoms with Gasteiger partial charge in [-0.1, -0.05) is 24.3 Å². The van der Waals surface area contributed by atoms with E-state index in [0.29, 0.717) is 19.8 Å². The van der Waals surface area contributed by atoms with Crippen molar-refractivity contribution in [2.24, 2.45) is 0 Å². The van der Waals surface area contributed by atoms with Crippen LogP contribution in [0.1, 0.15) is 5.56 Å². The predicted molar refractivity (Wildman–Crippen MR) is 75.4 cm³/mol. The third-order valence-electron chi connectivity index (χ3n) is 2.63. The summed E-state index contributed by atoms with van der Waals surface area (Å²) in [6.45, 7) is 1.62. The topological polar surface area (TPSA) is 43.4 Å². The zero-order chi connectivity index (χ0) is 13.3. The molecule has 0 aliphatic carbocycles. The van der Waals surface area contributed by atoms with Crippen molar-refractivity contribution >= 4 is 5.82 Å². The lowest BCUT2D eigenvalue weighted by atomic mass is 10.3. The smallest absolute Gasteiger partial charge is 0.131 e. The summed E-state index contributed by atoms with van der Waals surface area (Å²) in [6, 6.07) is 13.6. The van der Waals surface area contributed by atoms with Crippen LogP contribution in [0.4, 0.5) is 5.82 Å². The molecular weight excluding hydrogens is 240 g/mol. The third kappa shape index (κ3) is 4.26. The standard InChI is InChI=1S/C15H18N2O2/c1-16-15-13(6-5-9-17-15)12-18-10-11-19-14-7-3-2-4-8-14/h2-9H,10-12H2,1H3,(H,16,17). The van der Waals surface area contributed by atoms with E-state index < -0.39 is 0 Å². The molecule has 0 saturated heterocycles. The van der Waals surface area contributed by atoms with E-state index in [9.17, 15) is 0 Å². The molecule has 19 heavy (non-hydrogen) atoms. The first-order valence-corrected chi connectivity index (χ1v) is 6.27. The first-order chi connectivity index (χ1) is 9.40. The maximum absolute atomic E-state index is 5.58. The lowest BCUT2D eigenvalue weighted by Crippen LogP contribution is -2.08. The van der Waals surface area contributed by atoms with Gasteiger partial charge in [0.15, 0.2) is 0 Å². The molecule has 0 saturated carbocycles. The molecule has 0 amide bonds. The van der Waals surface area contributed by atoms with Gasteiger partial charge >= 0.3 is 0 Å². The molecule has 0 spiro atoms. The van der Waals surface area contributed by atoms with Gasteiger partial charge < -0.3 is 14.8 Å². The highest BCUT2D eigenvalue weighted by molar-refractivity contribution is 5.42. The highest BCUT2D eigenvalue weighted by Gasteiger charge is 2.01. The largest absolute Gasteiger partial charge is 0.491 e. The molecule has 0 atom stereocenters. The third-order valence-corrected chi connectivity index (χ3v) is 2.63. The minimum absolute atomic E-state index is 0.530. The SMILES string of the molecule is CNc1ncccc1COCCOc1ccccc1. The van der Waals surface area contributed by atoms with Gasteiger partial charge in [0, 0.05) is 18.8 Å². The van der Waals surface area contributed by atoms with Crippen LogP contribution in [0.3, 0.4) is 0 Å². The normalized spacial score (nSPS) is 10.2. The summed E-state index contributed by atoms with van der Waals surface area (Å²) in [4.78, 5) is 4.22. The van der Waals surface area contributed by atoms with Crippen LogP contribution >= 0.6 is 0 Å². The Balaban J connectivity index is 1.69. The minimum atomic E-state index is 0.530. The Labute approximate surface area is 113 Å². The second kappa shape index (κ2) is 7.38. The molecule has 1 N–H and O–H groups in total. The Morgan fingerprint density at radius 3 is 2.68 bits per heavy atom. The molecule has 1 aromatic heterocycles. The summed E-state index contributed by atoms with van der Waals surface area (Å²) in [7, 11) is 1.85. The van der Waals surface area contributed by atoms with E-state index in [1.54, 1.807) is 6.20 Å². The molecule has 4 nitrogen and oxygen atoms in total. The molecule has 0 radical (unpaired) electrons. The monoisotopic (exact) mass is 258 g/mol. The number of anilines is 1. The molecule has 1 heterocycles. The van der Waals surface area contributed by atoms with Crippen LogP contribution in [-0.4, -0.2) is 25.2 Å².